The maximum atomic E-state index is 12.8. The van der Waals surface area contributed by atoms with Crippen LogP contribution in [0.2, 0.25) is 0 Å². The summed E-state index contributed by atoms with van der Waals surface area (Å²) < 4.78 is 23.1. The molecule has 0 heterocycles. The zero-order valence-corrected chi connectivity index (χ0v) is 33.5. The van der Waals surface area contributed by atoms with Crippen LogP contribution in [0.25, 0.3) is 0 Å². The van der Waals surface area contributed by atoms with E-state index in [1.165, 1.54) is 116 Å². The van der Waals surface area contributed by atoms with Gasteiger partial charge < -0.3 is 28.8 Å². The summed E-state index contributed by atoms with van der Waals surface area (Å²) in [5.74, 6) is -0.209. The molecule has 0 rings (SSSR count). The molecule has 1 unspecified atom stereocenters. The number of hydrogen-bond acceptors (Lipinski definition) is 6. The summed E-state index contributed by atoms with van der Waals surface area (Å²) >= 11 is 0. The van der Waals surface area contributed by atoms with E-state index in [1.807, 2.05) is 27.2 Å². The van der Waals surface area contributed by atoms with Crippen LogP contribution in [0.15, 0.2) is 24.3 Å². The SMILES string of the molecule is CCCCCCCCCCC/C=C/CC/C=C/[C@@H](O)[C@H](COP(=O)([O-])OCC[N+](C)(C)C)NC(=O)CCCCCCCCCCCCCC. The third-order valence-electron chi connectivity index (χ3n) is 8.91. The lowest BCUT2D eigenvalue weighted by Crippen LogP contribution is -2.45. The number of unbranched alkanes of at least 4 members (excludes halogenated alkanes) is 21. The second-order valence-corrected chi connectivity index (χ2v) is 16.4. The summed E-state index contributed by atoms with van der Waals surface area (Å²) in [6, 6.07) is -0.896. The van der Waals surface area contributed by atoms with Crippen molar-refractivity contribution in [2.45, 2.75) is 187 Å². The Kier molecular flexibility index (Phi) is 32.2. The minimum absolute atomic E-state index is 0.00460. The lowest BCUT2D eigenvalue weighted by atomic mass is 10.0. The van der Waals surface area contributed by atoms with Gasteiger partial charge in [-0.3, -0.25) is 9.36 Å². The molecule has 0 aliphatic rings. The van der Waals surface area contributed by atoms with E-state index in [9.17, 15) is 19.4 Å². The molecule has 0 spiro atoms. The third-order valence-corrected chi connectivity index (χ3v) is 9.88. The quantitative estimate of drug-likeness (QED) is 0.0290. The van der Waals surface area contributed by atoms with Gasteiger partial charge in [-0.15, -0.1) is 0 Å². The lowest BCUT2D eigenvalue weighted by molar-refractivity contribution is -0.870. The second-order valence-electron chi connectivity index (χ2n) is 15.0. The highest BCUT2D eigenvalue weighted by Crippen LogP contribution is 2.38. The van der Waals surface area contributed by atoms with Crippen LogP contribution >= 0.6 is 7.82 Å². The Labute approximate surface area is 303 Å². The Hall–Kier alpha value is -1.02. The van der Waals surface area contributed by atoms with Crippen molar-refractivity contribution < 1.29 is 32.9 Å². The molecule has 0 aliphatic heterocycles. The van der Waals surface area contributed by atoms with E-state index in [2.05, 4.69) is 31.3 Å². The summed E-state index contributed by atoms with van der Waals surface area (Å²) in [6.45, 7) is 4.60. The van der Waals surface area contributed by atoms with E-state index in [0.29, 0.717) is 17.4 Å². The number of likely N-dealkylation sites (N-methyl/N-ethyl adjacent to an activating group) is 1. The Balaban J connectivity index is 4.55. The number of nitrogens with one attached hydrogen (secondary N) is 1. The van der Waals surface area contributed by atoms with Crippen molar-refractivity contribution in [3.8, 4) is 0 Å². The fourth-order valence-electron chi connectivity index (χ4n) is 5.64. The van der Waals surface area contributed by atoms with Crippen LogP contribution in [0.4, 0.5) is 0 Å². The average molecular weight is 715 g/mol. The molecule has 9 heteroatoms. The second kappa shape index (κ2) is 32.9. The van der Waals surface area contributed by atoms with Crippen molar-refractivity contribution in [2.24, 2.45) is 0 Å². The molecule has 0 fully saturated rings. The van der Waals surface area contributed by atoms with Crippen LogP contribution < -0.4 is 10.2 Å². The first kappa shape index (κ1) is 48.0. The molecule has 0 radical (unpaired) electrons. The van der Waals surface area contributed by atoms with Crippen molar-refractivity contribution in [1.82, 2.24) is 5.32 Å². The van der Waals surface area contributed by atoms with Crippen LogP contribution in [0.5, 0.6) is 0 Å². The van der Waals surface area contributed by atoms with Crippen molar-refractivity contribution in [3.05, 3.63) is 24.3 Å². The maximum absolute atomic E-state index is 12.8. The molecular formula is C40H79N2O6P. The number of phosphoric ester groups is 1. The van der Waals surface area contributed by atoms with Gasteiger partial charge in [-0.05, 0) is 32.1 Å². The molecule has 8 nitrogen and oxygen atoms in total. The van der Waals surface area contributed by atoms with Gasteiger partial charge in [0.2, 0.25) is 5.91 Å². The number of hydrogen-bond donors (Lipinski definition) is 2. The third kappa shape index (κ3) is 35.2. The molecule has 49 heavy (non-hydrogen) atoms. The van der Waals surface area contributed by atoms with E-state index in [0.717, 1.165) is 38.5 Å². The number of nitrogens with zero attached hydrogens (tertiary/aromatic N) is 1. The van der Waals surface area contributed by atoms with Crippen LogP contribution in [0.1, 0.15) is 174 Å². The number of quaternary nitrogens is 1. The molecule has 0 saturated heterocycles. The summed E-state index contributed by atoms with van der Waals surface area (Å²) in [5.41, 5.74) is 0. The molecular weight excluding hydrogens is 635 g/mol. The van der Waals surface area contributed by atoms with Gasteiger partial charge in [-0.2, -0.15) is 0 Å². The van der Waals surface area contributed by atoms with Gasteiger partial charge in [0.25, 0.3) is 7.82 Å². The molecule has 2 N–H and O–H groups in total. The molecule has 0 bridgehead atoms. The van der Waals surface area contributed by atoms with E-state index < -0.39 is 20.0 Å². The standard InChI is InChI=1S/C40H79N2O6P/c1-6-8-10-12-14-16-18-20-21-22-23-25-27-29-31-33-39(43)38(37-48-49(45,46)47-36-35-42(3,4)5)41-40(44)34-32-30-28-26-24-19-17-15-13-11-9-7-2/h23,25,31,33,38-39,43H,6-22,24,26-30,32,34-37H2,1-5H3,(H-,41,44,45,46)/b25-23+,33-31+/t38-,39+/m0/s1. The van der Waals surface area contributed by atoms with E-state index in [-0.39, 0.29) is 19.1 Å². The summed E-state index contributed by atoms with van der Waals surface area (Å²) in [5, 5.41) is 13.7. The Morgan fingerprint density at radius 3 is 1.65 bits per heavy atom. The van der Waals surface area contributed by atoms with Gasteiger partial charge in [0, 0.05) is 6.42 Å². The van der Waals surface area contributed by atoms with E-state index in [4.69, 9.17) is 9.05 Å². The number of phosphoric acid groups is 1. The fraction of sp³-hybridized carbons (Fsp3) is 0.875. The van der Waals surface area contributed by atoms with Gasteiger partial charge in [-0.1, -0.05) is 160 Å². The van der Waals surface area contributed by atoms with Gasteiger partial charge in [0.05, 0.1) is 39.9 Å². The number of carbonyl (C=O) groups excluding carboxylic acids is 1. The lowest BCUT2D eigenvalue weighted by Gasteiger charge is -2.29. The van der Waals surface area contributed by atoms with Gasteiger partial charge in [0.15, 0.2) is 0 Å². The normalized spacial score (nSPS) is 14.8. The van der Waals surface area contributed by atoms with Gasteiger partial charge in [0.1, 0.15) is 13.2 Å². The molecule has 0 aromatic carbocycles. The Morgan fingerprint density at radius 1 is 0.694 bits per heavy atom. The van der Waals surface area contributed by atoms with Crippen molar-refractivity contribution in [1.29, 1.82) is 0 Å². The highest BCUT2D eigenvalue weighted by molar-refractivity contribution is 7.45. The van der Waals surface area contributed by atoms with Crippen LogP contribution in [-0.2, 0) is 18.4 Å². The highest BCUT2D eigenvalue weighted by Gasteiger charge is 2.23. The smallest absolute Gasteiger partial charge is 0.268 e. The molecule has 290 valence electrons. The number of aliphatic hydroxyl groups is 1. The van der Waals surface area contributed by atoms with Crippen molar-refractivity contribution in [3.63, 3.8) is 0 Å². The molecule has 0 aromatic heterocycles. The molecule has 0 aliphatic carbocycles. The van der Waals surface area contributed by atoms with Gasteiger partial charge >= 0.3 is 0 Å². The first-order valence-corrected chi connectivity index (χ1v) is 21.7. The van der Waals surface area contributed by atoms with Crippen molar-refractivity contribution >= 4 is 13.7 Å². The fourth-order valence-corrected chi connectivity index (χ4v) is 6.36. The number of carbonyl (C=O) groups is 1. The highest BCUT2D eigenvalue weighted by atomic mass is 31.2. The zero-order chi connectivity index (χ0) is 36.5. The predicted molar refractivity (Wildman–Crippen MR) is 205 cm³/mol. The first-order chi connectivity index (χ1) is 23.5. The molecule has 3 atom stereocenters. The van der Waals surface area contributed by atoms with Crippen LogP contribution in [0.3, 0.4) is 0 Å². The van der Waals surface area contributed by atoms with Gasteiger partial charge in [-0.25, -0.2) is 0 Å². The summed E-state index contributed by atoms with van der Waals surface area (Å²) in [6.07, 6.45) is 36.5. The minimum atomic E-state index is -4.58. The number of rotatable bonds is 36. The monoisotopic (exact) mass is 715 g/mol. The topological polar surface area (TPSA) is 108 Å². The Morgan fingerprint density at radius 2 is 1.14 bits per heavy atom. The summed E-state index contributed by atoms with van der Waals surface area (Å²) in [4.78, 5) is 25.2. The van der Waals surface area contributed by atoms with Crippen LogP contribution in [-0.4, -0.2) is 68.5 Å². The number of amides is 1. The number of allylic oxidation sites excluding steroid dienone is 3. The van der Waals surface area contributed by atoms with E-state index in [1.54, 1.807) is 6.08 Å². The van der Waals surface area contributed by atoms with Crippen molar-refractivity contribution in [2.75, 3.05) is 40.9 Å². The largest absolute Gasteiger partial charge is 0.756 e. The summed E-state index contributed by atoms with van der Waals surface area (Å²) in [7, 11) is 1.25. The first-order valence-electron chi connectivity index (χ1n) is 20.2. The molecule has 0 saturated carbocycles. The zero-order valence-electron chi connectivity index (χ0n) is 32.6. The molecule has 1 amide bonds. The molecule has 0 aromatic rings. The Bertz CT molecular complexity index is 860. The minimum Gasteiger partial charge on any atom is -0.756 e. The maximum Gasteiger partial charge on any atom is 0.268 e. The van der Waals surface area contributed by atoms with Crippen LogP contribution in [0, 0.1) is 0 Å². The average Bonchev–Trinajstić information content (AvgIpc) is 3.04. The predicted octanol–water partition coefficient (Wildman–Crippen LogP) is 9.94. The number of aliphatic hydroxyl groups excluding tert-OH is 1. The van der Waals surface area contributed by atoms with E-state index >= 15 is 0 Å².